The van der Waals surface area contributed by atoms with Crippen LogP contribution < -0.4 is 11.1 Å². The summed E-state index contributed by atoms with van der Waals surface area (Å²) >= 11 is 0. The Morgan fingerprint density at radius 1 is 1.32 bits per heavy atom. The topological polar surface area (TPSA) is 55.1 Å². The van der Waals surface area contributed by atoms with Gasteiger partial charge in [-0.2, -0.15) is 13.2 Å². The molecule has 1 amide bonds. The maximum absolute atomic E-state index is 12.8. The minimum atomic E-state index is -4.51. The highest BCUT2D eigenvalue weighted by atomic mass is 19.4. The zero-order chi connectivity index (χ0) is 14.7. The number of hydrogen-bond acceptors (Lipinski definition) is 2. The average molecular weight is 274 g/mol. The van der Waals surface area contributed by atoms with Crippen LogP contribution in [0.2, 0.25) is 0 Å². The van der Waals surface area contributed by atoms with Crippen LogP contribution in [0, 0.1) is 0 Å². The number of carbonyl (C=O) groups excluding carboxylic acids is 1. The number of rotatable bonds is 4. The number of nitrogens with two attached hydrogens (primary N) is 1. The number of benzene rings is 1. The van der Waals surface area contributed by atoms with Gasteiger partial charge in [0, 0.05) is 0 Å². The van der Waals surface area contributed by atoms with Crippen LogP contribution in [0.4, 0.5) is 18.9 Å². The number of anilines is 1. The van der Waals surface area contributed by atoms with Gasteiger partial charge in [-0.15, -0.1) is 0 Å². The molecule has 0 aromatic heterocycles. The molecule has 0 radical (unpaired) electrons. The highest BCUT2D eigenvalue weighted by molar-refractivity contribution is 5.98. The van der Waals surface area contributed by atoms with E-state index < -0.39 is 23.2 Å². The van der Waals surface area contributed by atoms with Gasteiger partial charge in [0.15, 0.2) is 0 Å². The first kappa shape index (κ1) is 15.5. The molecule has 0 spiro atoms. The highest BCUT2D eigenvalue weighted by Gasteiger charge is 2.35. The molecule has 3 nitrogen and oxygen atoms in total. The van der Waals surface area contributed by atoms with E-state index in [0.29, 0.717) is 12.8 Å². The Bertz CT molecular complexity index is 455. The molecule has 1 aromatic rings. The van der Waals surface area contributed by atoms with Crippen LogP contribution in [-0.2, 0) is 11.0 Å². The number of amides is 1. The number of halogens is 3. The largest absolute Gasteiger partial charge is 0.418 e. The second-order valence-electron chi connectivity index (χ2n) is 4.66. The Morgan fingerprint density at radius 3 is 2.42 bits per heavy atom. The smallest absolute Gasteiger partial charge is 0.324 e. The first-order valence-corrected chi connectivity index (χ1v) is 5.95. The fourth-order valence-corrected chi connectivity index (χ4v) is 1.74. The standard InChI is InChI=1S/C13H17F3N2O/c1-3-8-12(2,17)11(19)18-10-7-5-4-6-9(10)13(14,15)16/h4-7H,3,8,17H2,1-2H3,(H,18,19). The number of carbonyl (C=O) groups is 1. The van der Waals surface area contributed by atoms with Crippen molar-refractivity contribution in [1.29, 1.82) is 0 Å². The quantitative estimate of drug-likeness (QED) is 0.886. The molecular weight excluding hydrogens is 257 g/mol. The Kier molecular flexibility index (Phi) is 4.57. The van der Waals surface area contributed by atoms with Gasteiger partial charge in [0.1, 0.15) is 0 Å². The molecule has 106 valence electrons. The van der Waals surface area contributed by atoms with Gasteiger partial charge in [-0.05, 0) is 25.5 Å². The maximum Gasteiger partial charge on any atom is 0.418 e. The lowest BCUT2D eigenvalue weighted by Crippen LogP contribution is -2.48. The van der Waals surface area contributed by atoms with Crippen LogP contribution in [0.15, 0.2) is 24.3 Å². The molecule has 0 saturated heterocycles. The van der Waals surface area contributed by atoms with E-state index >= 15 is 0 Å². The van der Waals surface area contributed by atoms with Gasteiger partial charge in [-0.3, -0.25) is 4.79 Å². The fraction of sp³-hybridized carbons (Fsp3) is 0.462. The monoisotopic (exact) mass is 274 g/mol. The first-order valence-electron chi connectivity index (χ1n) is 5.95. The van der Waals surface area contributed by atoms with Crippen molar-refractivity contribution >= 4 is 11.6 Å². The molecule has 0 aliphatic heterocycles. The lowest BCUT2D eigenvalue weighted by atomic mass is 9.96. The van der Waals surface area contributed by atoms with E-state index in [1.54, 1.807) is 0 Å². The number of nitrogens with one attached hydrogen (secondary N) is 1. The molecule has 0 heterocycles. The molecule has 0 aliphatic carbocycles. The summed E-state index contributed by atoms with van der Waals surface area (Å²) in [5.41, 5.74) is 3.45. The predicted molar refractivity (Wildman–Crippen MR) is 67.6 cm³/mol. The minimum Gasteiger partial charge on any atom is -0.324 e. The molecule has 1 rings (SSSR count). The van der Waals surface area contributed by atoms with Crippen LogP contribution in [-0.4, -0.2) is 11.4 Å². The van der Waals surface area contributed by atoms with Crippen LogP contribution >= 0.6 is 0 Å². The van der Waals surface area contributed by atoms with Crippen molar-refractivity contribution in [3.63, 3.8) is 0 Å². The van der Waals surface area contributed by atoms with Crippen molar-refractivity contribution in [3.8, 4) is 0 Å². The molecule has 0 aliphatic rings. The molecule has 3 N–H and O–H groups in total. The van der Waals surface area contributed by atoms with E-state index in [4.69, 9.17) is 5.73 Å². The Hall–Kier alpha value is -1.56. The van der Waals surface area contributed by atoms with E-state index in [1.165, 1.54) is 25.1 Å². The summed E-state index contributed by atoms with van der Waals surface area (Å²) in [6.07, 6.45) is -3.45. The third kappa shape index (κ3) is 3.96. The van der Waals surface area contributed by atoms with E-state index in [2.05, 4.69) is 5.32 Å². The second kappa shape index (κ2) is 5.61. The maximum atomic E-state index is 12.8. The Balaban J connectivity index is 2.98. The summed E-state index contributed by atoms with van der Waals surface area (Å²) in [6.45, 7) is 3.35. The van der Waals surface area contributed by atoms with E-state index in [-0.39, 0.29) is 5.69 Å². The number of hydrogen-bond donors (Lipinski definition) is 2. The summed E-state index contributed by atoms with van der Waals surface area (Å²) < 4.78 is 38.3. The van der Waals surface area contributed by atoms with Gasteiger partial charge in [0.2, 0.25) is 5.91 Å². The summed E-state index contributed by atoms with van der Waals surface area (Å²) in [6, 6.07) is 4.83. The average Bonchev–Trinajstić information content (AvgIpc) is 2.28. The van der Waals surface area contributed by atoms with Gasteiger partial charge < -0.3 is 11.1 Å². The van der Waals surface area contributed by atoms with Gasteiger partial charge in [-0.25, -0.2) is 0 Å². The molecule has 0 bridgehead atoms. The third-order valence-electron chi connectivity index (χ3n) is 2.77. The lowest BCUT2D eigenvalue weighted by molar-refractivity contribution is -0.137. The first-order chi connectivity index (χ1) is 8.68. The van der Waals surface area contributed by atoms with Gasteiger partial charge >= 0.3 is 6.18 Å². The van der Waals surface area contributed by atoms with Crippen LogP contribution in [0.5, 0.6) is 0 Å². The van der Waals surface area contributed by atoms with Crippen molar-refractivity contribution < 1.29 is 18.0 Å². The molecule has 19 heavy (non-hydrogen) atoms. The summed E-state index contributed by atoms with van der Waals surface area (Å²) in [5, 5.41) is 2.26. The molecule has 0 fully saturated rings. The Labute approximate surface area is 110 Å². The van der Waals surface area contributed by atoms with Gasteiger partial charge in [0.25, 0.3) is 0 Å². The summed E-state index contributed by atoms with van der Waals surface area (Å²) in [7, 11) is 0. The van der Waals surface area contributed by atoms with Crippen molar-refractivity contribution in [1.82, 2.24) is 0 Å². The Morgan fingerprint density at radius 2 is 1.89 bits per heavy atom. The molecule has 1 unspecified atom stereocenters. The van der Waals surface area contributed by atoms with Crippen molar-refractivity contribution in [3.05, 3.63) is 29.8 Å². The van der Waals surface area contributed by atoms with Crippen molar-refractivity contribution in [2.75, 3.05) is 5.32 Å². The third-order valence-corrected chi connectivity index (χ3v) is 2.77. The normalized spacial score (nSPS) is 14.8. The predicted octanol–water partition coefficient (Wildman–Crippen LogP) is 3.16. The van der Waals surface area contributed by atoms with Crippen LogP contribution in [0.1, 0.15) is 32.3 Å². The SMILES string of the molecule is CCCC(C)(N)C(=O)Nc1ccccc1C(F)(F)F. The van der Waals surface area contributed by atoms with Gasteiger partial charge in [-0.1, -0.05) is 25.5 Å². The fourth-order valence-electron chi connectivity index (χ4n) is 1.74. The lowest BCUT2D eigenvalue weighted by Gasteiger charge is -2.24. The number of para-hydroxylation sites is 1. The van der Waals surface area contributed by atoms with Crippen molar-refractivity contribution in [2.45, 2.75) is 38.4 Å². The molecule has 0 saturated carbocycles. The van der Waals surface area contributed by atoms with Gasteiger partial charge in [0.05, 0.1) is 16.8 Å². The second-order valence-corrected chi connectivity index (χ2v) is 4.66. The molecule has 1 atom stereocenters. The van der Waals surface area contributed by atoms with Crippen LogP contribution in [0.25, 0.3) is 0 Å². The minimum absolute atomic E-state index is 0.271. The summed E-state index contributed by atoms with van der Waals surface area (Å²) in [5.74, 6) is -0.619. The highest BCUT2D eigenvalue weighted by Crippen LogP contribution is 2.34. The van der Waals surface area contributed by atoms with Crippen molar-refractivity contribution in [2.24, 2.45) is 5.73 Å². The molecule has 6 heteroatoms. The molecule has 1 aromatic carbocycles. The van der Waals surface area contributed by atoms with E-state index in [1.807, 2.05) is 6.92 Å². The van der Waals surface area contributed by atoms with E-state index in [9.17, 15) is 18.0 Å². The number of alkyl halides is 3. The molecular formula is C13H17F3N2O. The summed E-state index contributed by atoms with van der Waals surface area (Å²) in [4.78, 5) is 11.9. The zero-order valence-corrected chi connectivity index (χ0v) is 10.8. The zero-order valence-electron chi connectivity index (χ0n) is 10.8. The van der Waals surface area contributed by atoms with E-state index in [0.717, 1.165) is 6.07 Å². The van der Waals surface area contributed by atoms with Crippen LogP contribution in [0.3, 0.4) is 0 Å².